The minimum Gasteiger partial charge on any atom is -0.458 e. The maximum Gasteiger partial charge on any atom is 0.331 e. The first kappa shape index (κ1) is 30.3. The van der Waals surface area contributed by atoms with E-state index in [1.807, 2.05) is 26.8 Å². The maximum atomic E-state index is 13.1. The van der Waals surface area contributed by atoms with Gasteiger partial charge in [0.25, 0.3) is 5.91 Å². The van der Waals surface area contributed by atoms with Crippen LogP contribution in [-0.2, 0) is 22.4 Å². The SMILES string of the molecule is CCc1c(NC[C@H](NC(=O)c2ccccc2)C(=O)OC(C)(C)C)ncnc1N1CCC(c2ccc3c(n2)NCCC3)CC1. The molecule has 5 rings (SSSR count). The Labute approximate surface area is 254 Å². The van der Waals surface area contributed by atoms with Gasteiger partial charge in [-0.2, -0.15) is 0 Å². The van der Waals surface area contributed by atoms with E-state index < -0.39 is 17.6 Å². The van der Waals surface area contributed by atoms with Gasteiger partial charge in [-0.15, -0.1) is 0 Å². The largest absolute Gasteiger partial charge is 0.458 e. The summed E-state index contributed by atoms with van der Waals surface area (Å²) in [7, 11) is 0. The van der Waals surface area contributed by atoms with E-state index >= 15 is 0 Å². The monoisotopic (exact) mass is 585 g/mol. The van der Waals surface area contributed by atoms with E-state index in [-0.39, 0.29) is 12.5 Å². The molecule has 3 N–H and O–H groups in total. The van der Waals surface area contributed by atoms with Gasteiger partial charge < -0.3 is 25.6 Å². The van der Waals surface area contributed by atoms with Crippen molar-refractivity contribution < 1.29 is 14.3 Å². The molecule has 43 heavy (non-hydrogen) atoms. The van der Waals surface area contributed by atoms with Crippen molar-refractivity contribution in [2.45, 2.75) is 77.4 Å². The molecule has 1 saturated heterocycles. The highest BCUT2D eigenvalue weighted by atomic mass is 16.6. The van der Waals surface area contributed by atoms with Crippen LogP contribution in [0.4, 0.5) is 17.5 Å². The second kappa shape index (κ2) is 13.4. The third kappa shape index (κ3) is 7.60. The van der Waals surface area contributed by atoms with Gasteiger partial charge in [0.15, 0.2) is 0 Å². The summed E-state index contributed by atoms with van der Waals surface area (Å²) in [6, 6.07) is 12.4. The molecule has 0 unspecified atom stereocenters. The van der Waals surface area contributed by atoms with Crippen LogP contribution in [0.15, 0.2) is 48.8 Å². The van der Waals surface area contributed by atoms with Crippen LogP contribution in [0.5, 0.6) is 0 Å². The minimum absolute atomic E-state index is 0.122. The zero-order chi connectivity index (χ0) is 30.4. The fourth-order valence-corrected chi connectivity index (χ4v) is 5.71. The zero-order valence-electron chi connectivity index (χ0n) is 25.7. The normalized spacial score (nSPS) is 16.0. The number of nitrogens with one attached hydrogen (secondary N) is 3. The smallest absolute Gasteiger partial charge is 0.331 e. The molecule has 0 aliphatic carbocycles. The van der Waals surface area contributed by atoms with Gasteiger partial charge in [0, 0.05) is 48.9 Å². The number of pyridine rings is 1. The molecule has 1 amide bonds. The summed E-state index contributed by atoms with van der Waals surface area (Å²) >= 11 is 0. The Hall–Kier alpha value is -4.21. The third-order valence-electron chi connectivity index (χ3n) is 7.91. The molecular weight excluding hydrogens is 542 g/mol. The number of carbonyl (C=O) groups is 2. The van der Waals surface area contributed by atoms with E-state index in [1.54, 1.807) is 30.6 Å². The lowest BCUT2D eigenvalue weighted by molar-refractivity contribution is -0.156. The van der Waals surface area contributed by atoms with Crippen molar-refractivity contribution in [1.29, 1.82) is 0 Å². The summed E-state index contributed by atoms with van der Waals surface area (Å²) in [4.78, 5) is 42.5. The van der Waals surface area contributed by atoms with Gasteiger partial charge in [-0.3, -0.25) is 4.79 Å². The highest BCUT2D eigenvalue weighted by Gasteiger charge is 2.29. The molecular formula is C33H43N7O3. The molecule has 0 radical (unpaired) electrons. The lowest BCUT2D eigenvalue weighted by Crippen LogP contribution is -2.48. The van der Waals surface area contributed by atoms with Gasteiger partial charge in [0.05, 0.1) is 0 Å². The Kier molecular flexibility index (Phi) is 9.43. The second-order valence-corrected chi connectivity index (χ2v) is 12.2. The average molecular weight is 586 g/mol. The average Bonchev–Trinajstić information content (AvgIpc) is 3.02. The first-order valence-electron chi connectivity index (χ1n) is 15.4. The predicted octanol–water partition coefficient (Wildman–Crippen LogP) is 4.73. The van der Waals surface area contributed by atoms with Crippen molar-refractivity contribution >= 4 is 29.3 Å². The zero-order valence-corrected chi connectivity index (χ0v) is 25.7. The van der Waals surface area contributed by atoms with E-state index in [9.17, 15) is 9.59 Å². The molecule has 4 heterocycles. The molecule has 1 fully saturated rings. The van der Waals surface area contributed by atoms with Crippen molar-refractivity contribution in [2.24, 2.45) is 0 Å². The molecule has 1 atom stereocenters. The number of carbonyl (C=O) groups excluding carboxylic acids is 2. The van der Waals surface area contributed by atoms with Gasteiger partial charge in [-0.05, 0) is 76.6 Å². The molecule has 2 aromatic heterocycles. The Morgan fingerprint density at radius 1 is 1.09 bits per heavy atom. The topological polar surface area (TPSA) is 121 Å². The summed E-state index contributed by atoms with van der Waals surface area (Å²) in [6.45, 7) is 10.3. The van der Waals surface area contributed by atoms with Crippen LogP contribution in [0, 0.1) is 0 Å². The van der Waals surface area contributed by atoms with Gasteiger partial charge in [-0.1, -0.05) is 31.2 Å². The first-order valence-corrected chi connectivity index (χ1v) is 15.4. The summed E-state index contributed by atoms with van der Waals surface area (Å²) in [5, 5.41) is 9.62. The number of amides is 1. The third-order valence-corrected chi connectivity index (χ3v) is 7.91. The van der Waals surface area contributed by atoms with E-state index in [2.05, 4.69) is 49.9 Å². The molecule has 1 aromatic carbocycles. The summed E-state index contributed by atoms with van der Waals surface area (Å²) in [6.07, 6.45) is 6.51. The van der Waals surface area contributed by atoms with Gasteiger partial charge in [-0.25, -0.2) is 19.7 Å². The number of aryl methyl sites for hydroxylation is 1. The van der Waals surface area contributed by atoms with Gasteiger partial charge in [0.1, 0.15) is 35.4 Å². The minimum atomic E-state index is -0.913. The molecule has 0 bridgehead atoms. The molecule has 2 aliphatic heterocycles. The predicted molar refractivity (Wildman–Crippen MR) is 169 cm³/mol. The van der Waals surface area contributed by atoms with E-state index in [0.29, 0.717) is 23.7 Å². The quantitative estimate of drug-likeness (QED) is 0.306. The van der Waals surface area contributed by atoms with Crippen molar-refractivity contribution in [3.63, 3.8) is 0 Å². The molecule has 0 saturated carbocycles. The Morgan fingerprint density at radius 2 is 1.86 bits per heavy atom. The Morgan fingerprint density at radius 3 is 2.58 bits per heavy atom. The number of benzene rings is 1. The van der Waals surface area contributed by atoms with Crippen LogP contribution >= 0.6 is 0 Å². The van der Waals surface area contributed by atoms with Crippen LogP contribution in [0.3, 0.4) is 0 Å². The second-order valence-electron chi connectivity index (χ2n) is 12.2. The number of anilines is 3. The standard InChI is InChI=1S/C33H43N7O3/c1-5-25-29(35-20-27(32(42)43-33(2,3)4)39-31(41)24-10-7-6-8-11-24)36-21-37-30(25)40-18-15-22(16-19-40)26-14-13-23-12-9-17-34-28(23)38-26/h6-8,10-11,13-14,21-22,27H,5,9,12,15-20H2,1-4H3,(H,34,38)(H,39,41)(H,35,36,37)/t27-/m0/s1. The van der Waals surface area contributed by atoms with E-state index in [0.717, 1.165) is 62.5 Å². The summed E-state index contributed by atoms with van der Waals surface area (Å²) < 4.78 is 5.63. The lowest BCUT2D eigenvalue weighted by atomic mass is 9.92. The van der Waals surface area contributed by atoms with Crippen LogP contribution in [-0.4, -0.2) is 64.7 Å². The highest BCUT2D eigenvalue weighted by Crippen LogP contribution is 2.33. The number of fused-ring (bicyclic) bond motifs is 1. The van der Waals surface area contributed by atoms with Crippen LogP contribution in [0.25, 0.3) is 0 Å². The Balaban J connectivity index is 1.27. The first-order chi connectivity index (χ1) is 20.7. The Bertz CT molecular complexity index is 1420. The number of esters is 1. The van der Waals surface area contributed by atoms with Crippen LogP contribution in [0.1, 0.15) is 80.1 Å². The van der Waals surface area contributed by atoms with Crippen LogP contribution < -0.4 is 20.9 Å². The molecule has 10 heteroatoms. The number of rotatable bonds is 9. The molecule has 0 spiro atoms. The number of hydrogen-bond donors (Lipinski definition) is 3. The summed E-state index contributed by atoms with van der Waals surface area (Å²) in [5.74, 6) is 2.17. The fourth-order valence-electron chi connectivity index (χ4n) is 5.71. The van der Waals surface area contributed by atoms with Gasteiger partial charge in [0.2, 0.25) is 0 Å². The van der Waals surface area contributed by atoms with E-state index in [1.165, 1.54) is 11.3 Å². The van der Waals surface area contributed by atoms with Crippen molar-refractivity contribution in [2.75, 3.05) is 41.7 Å². The van der Waals surface area contributed by atoms with Crippen LogP contribution in [0.2, 0.25) is 0 Å². The lowest BCUT2D eigenvalue weighted by Gasteiger charge is -2.34. The van der Waals surface area contributed by atoms with Gasteiger partial charge >= 0.3 is 5.97 Å². The molecule has 2 aliphatic rings. The molecule has 3 aromatic rings. The number of aromatic nitrogens is 3. The fraction of sp³-hybridized carbons (Fsp3) is 0.485. The van der Waals surface area contributed by atoms with E-state index in [4.69, 9.17) is 9.72 Å². The number of ether oxygens (including phenoxy) is 1. The van der Waals surface area contributed by atoms with Crippen molar-refractivity contribution in [3.05, 3.63) is 71.2 Å². The molecule has 228 valence electrons. The number of piperidine rings is 1. The summed E-state index contributed by atoms with van der Waals surface area (Å²) in [5.41, 5.74) is 3.24. The number of hydrogen-bond acceptors (Lipinski definition) is 9. The van der Waals surface area contributed by atoms with Crippen molar-refractivity contribution in [1.82, 2.24) is 20.3 Å². The highest BCUT2D eigenvalue weighted by molar-refractivity contribution is 5.97. The maximum absolute atomic E-state index is 13.1. The van der Waals surface area contributed by atoms with Crippen molar-refractivity contribution in [3.8, 4) is 0 Å². The molecule has 10 nitrogen and oxygen atoms in total. The number of nitrogens with zero attached hydrogens (tertiary/aromatic N) is 4.